The Morgan fingerprint density at radius 3 is 2.51 bits per heavy atom. The predicted octanol–water partition coefficient (Wildman–Crippen LogP) is 4.30. The van der Waals surface area contributed by atoms with E-state index < -0.39 is 0 Å². The molecule has 1 aliphatic heterocycles. The number of nitrogens with zero attached hydrogens (tertiary/aromatic N) is 3. The number of hydrogen-bond donors (Lipinski definition) is 1. The second-order valence-corrected chi connectivity index (χ2v) is 9.59. The molecule has 0 spiro atoms. The highest BCUT2D eigenvalue weighted by molar-refractivity contribution is 5.94. The summed E-state index contributed by atoms with van der Waals surface area (Å²) in [6.07, 6.45) is 5.82. The Balaban J connectivity index is 1.80. The van der Waals surface area contributed by atoms with Gasteiger partial charge in [0.1, 0.15) is 0 Å². The number of nitrogens with one attached hydrogen (secondary N) is 1. The van der Waals surface area contributed by atoms with E-state index in [1.807, 2.05) is 12.1 Å². The van der Waals surface area contributed by atoms with Crippen molar-refractivity contribution >= 4 is 17.6 Å². The largest absolute Gasteiger partial charge is 0.453 e. The van der Waals surface area contributed by atoms with Crippen LogP contribution in [-0.2, 0) is 17.7 Å². The molecule has 0 saturated carbocycles. The van der Waals surface area contributed by atoms with Gasteiger partial charge in [-0.1, -0.05) is 6.92 Å². The molecule has 2 aromatic heterocycles. The standard InChI is InChI=1S/C28H36N4O3/c1-6-12-32-25-16-19(2)9-15-31(25)24(18-21-10-13-30(14-11-21)28(34)35-5)26(32)23-8-7-22(17-20(23)3)27(33)29-4/h7-9,15-17,21H,6,10-14,18H2,1-5H3/p+1. The molecule has 1 fully saturated rings. The number of amides is 2. The maximum Gasteiger partial charge on any atom is 0.409 e. The summed E-state index contributed by atoms with van der Waals surface area (Å²) in [5.41, 5.74) is 7.87. The normalized spacial score (nSPS) is 14.4. The van der Waals surface area contributed by atoms with Gasteiger partial charge in [-0.25, -0.2) is 9.36 Å². The molecule has 7 nitrogen and oxygen atoms in total. The Labute approximate surface area is 207 Å². The first-order valence-electron chi connectivity index (χ1n) is 12.6. The highest BCUT2D eigenvalue weighted by atomic mass is 16.5. The number of imidazole rings is 1. The van der Waals surface area contributed by atoms with E-state index in [1.165, 1.54) is 29.7 Å². The van der Waals surface area contributed by atoms with Crippen molar-refractivity contribution in [2.45, 2.75) is 53.0 Å². The second kappa shape index (κ2) is 10.5. The third kappa shape index (κ3) is 4.90. The molecular weight excluding hydrogens is 440 g/mol. The van der Waals surface area contributed by atoms with Gasteiger partial charge in [-0.3, -0.25) is 4.79 Å². The molecule has 1 saturated heterocycles. The lowest BCUT2D eigenvalue weighted by Crippen LogP contribution is -2.39. The fraction of sp³-hybridized carbons (Fsp3) is 0.464. The van der Waals surface area contributed by atoms with Gasteiger partial charge in [-0.2, -0.15) is 4.40 Å². The average molecular weight is 478 g/mol. The summed E-state index contributed by atoms with van der Waals surface area (Å²) in [5, 5.41) is 2.72. The van der Waals surface area contributed by atoms with Crippen LogP contribution in [0.4, 0.5) is 4.79 Å². The van der Waals surface area contributed by atoms with Crippen LogP contribution in [0.5, 0.6) is 0 Å². The van der Waals surface area contributed by atoms with Crippen LogP contribution < -0.4 is 9.88 Å². The summed E-state index contributed by atoms with van der Waals surface area (Å²) < 4.78 is 9.70. The molecule has 4 rings (SSSR count). The number of ether oxygens (including phenoxy) is 1. The highest BCUT2D eigenvalue weighted by Gasteiger charge is 2.31. The van der Waals surface area contributed by atoms with Crippen LogP contribution in [0.2, 0.25) is 0 Å². The van der Waals surface area contributed by atoms with E-state index in [0.29, 0.717) is 11.5 Å². The van der Waals surface area contributed by atoms with Crippen LogP contribution in [0.1, 0.15) is 53.4 Å². The van der Waals surface area contributed by atoms with Gasteiger partial charge in [0.25, 0.3) is 11.6 Å². The molecule has 35 heavy (non-hydrogen) atoms. The molecule has 1 aliphatic rings. The zero-order chi connectivity index (χ0) is 25.1. The molecule has 3 aromatic rings. The minimum absolute atomic E-state index is 0.0728. The van der Waals surface area contributed by atoms with Gasteiger partial charge in [0, 0.05) is 43.8 Å². The van der Waals surface area contributed by atoms with Crippen LogP contribution in [0, 0.1) is 19.8 Å². The number of methoxy groups -OCH3 is 1. The van der Waals surface area contributed by atoms with E-state index in [4.69, 9.17) is 4.74 Å². The fourth-order valence-electron chi connectivity index (χ4n) is 5.29. The van der Waals surface area contributed by atoms with Gasteiger partial charge in [0.2, 0.25) is 0 Å². The van der Waals surface area contributed by atoms with E-state index in [-0.39, 0.29) is 12.0 Å². The Hall–Kier alpha value is -3.35. The maximum atomic E-state index is 12.2. The van der Waals surface area contributed by atoms with Crippen molar-refractivity contribution in [3.8, 4) is 11.3 Å². The van der Waals surface area contributed by atoms with Crippen LogP contribution in [0.3, 0.4) is 0 Å². The first-order chi connectivity index (χ1) is 16.9. The molecule has 0 atom stereocenters. The molecule has 186 valence electrons. The van der Waals surface area contributed by atoms with Crippen molar-refractivity contribution in [2.75, 3.05) is 27.2 Å². The molecule has 7 heteroatoms. The van der Waals surface area contributed by atoms with E-state index in [2.05, 4.69) is 59.5 Å². The Kier molecular flexibility index (Phi) is 7.43. The smallest absolute Gasteiger partial charge is 0.409 e. The second-order valence-electron chi connectivity index (χ2n) is 9.59. The number of aromatic nitrogens is 2. The Bertz CT molecular complexity index is 1240. The molecule has 2 amide bonds. The van der Waals surface area contributed by atoms with Crippen molar-refractivity contribution in [3.05, 3.63) is 58.9 Å². The predicted molar refractivity (Wildman–Crippen MR) is 137 cm³/mol. The number of carbonyl (C=O) groups excluding carboxylic acids is 2. The summed E-state index contributed by atoms with van der Waals surface area (Å²) in [7, 11) is 3.10. The third-order valence-corrected chi connectivity index (χ3v) is 7.15. The van der Waals surface area contributed by atoms with Crippen molar-refractivity contribution in [3.63, 3.8) is 0 Å². The lowest BCUT2D eigenvalue weighted by molar-refractivity contribution is -0.660. The highest BCUT2D eigenvalue weighted by Crippen LogP contribution is 2.31. The van der Waals surface area contributed by atoms with Crippen LogP contribution in [0.15, 0.2) is 36.5 Å². The quantitative estimate of drug-likeness (QED) is 0.539. The zero-order valence-corrected chi connectivity index (χ0v) is 21.6. The van der Waals surface area contributed by atoms with Crippen LogP contribution in [0.25, 0.3) is 16.9 Å². The number of rotatable bonds is 6. The fourth-order valence-corrected chi connectivity index (χ4v) is 5.29. The van der Waals surface area contributed by atoms with Crippen LogP contribution >= 0.6 is 0 Å². The van der Waals surface area contributed by atoms with Gasteiger partial charge in [-0.15, -0.1) is 0 Å². The van der Waals surface area contributed by atoms with E-state index >= 15 is 0 Å². The number of carbonyl (C=O) groups is 2. The summed E-state index contributed by atoms with van der Waals surface area (Å²) in [5.74, 6) is 0.408. The van der Waals surface area contributed by atoms with Crippen molar-refractivity contribution < 1.29 is 18.9 Å². The summed E-state index contributed by atoms with van der Waals surface area (Å²) in [4.78, 5) is 26.0. The number of pyridine rings is 1. The van der Waals surface area contributed by atoms with E-state index in [1.54, 1.807) is 11.9 Å². The number of aryl methyl sites for hydroxylation is 3. The minimum Gasteiger partial charge on any atom is -0.453 e. The Morgan fingerprint density at radius 1 is 1.14 bits per heavy atom. The lowest BCUT2D eigenvalue weighted by Gasteiger charge is -2.30. The Morgan fingerprint density at radius 2 is 1.89 bits per heavy atom. The molecular formula is C28H37N4O3+. The number of piperidine rings is 1. The molecule has 0 bridgehead atoms. The molecule has 1 N–H and O–H groups in total. The average Bonchev–Trinajstić information content (AvgIpc) is 3.15. The van der Waals surface area contributed by atoms with Gasteiger partial charge in [0.15, 0.2) is 11.4 Å². The van der Waals surface area contributed by atoms with Crippen molar-refractivity contribution in [2.24, 2.45) is 5.92 Å². The molecule has 3 heterocycles. The molecule has 0 aliphatic carbocycles. The summed E-state index contributed by atoms with van der Waals surface area (Å²) in [6.45, 7) is 8.80. The van der Waals surface area contributed by atoms with Crippen molar-refractivity contribution in [1.29, 1.82) is 0 Å². The van der Waals surface area contributed by atoms with Gasteiger partial charge >= 0.3 is 6.09 Å². The summed E-state index contributed by atoms with van der Waals surface area (Å²) in [6, 6.07) is 10.4. The van der Waals surface area contributed by atoms with Crippen LogP contribution in [-0.4, -0.2) is 48.5 Å². The maximum absolute atomic E-state index is 12.2. The van der Waals surface area contributed by atoms with Crippen molar-refractivity contribution in [1.82, 2.24) is 14.6 Å². The minimum atomic E-state index is -0.236. The lowest BCUT2D eigenvalue weighted by atomic mass is 9.90. The topological polar surface area (TPSA) is 66.9 Å². The van der Waals surface area contributed by atoms with Gasteiger partial charge < -0.3 is 15.0 Å². The molecule has 0 unspecified atom stereocenters. The SMILES string of the molecule is CCC[n+]1c(-c2ccc(C(=O)NC)cc2C)c(CC2CCN(C(=O)OC)CC2)n2ccc(C)cc21. The molecule has 0 radical (unpaired) electrons. The number of fused-ring (bicyclic) bond motifs is 1. The number of benzene rings is 1. The van der Waals surface area contributed by atoms with E-state index in [0.717, 1.165) is 56.4 Å². The first-order valence-corrected chi connectivity index (χ1v) is 12.6. The first kappa shape index (κ1) is 24.8. The van der Waals surface area contributed by atoms with Gasteiger partial charge in [0.05, 0.1) is 19.9 Å². The molecule has 1 aromatic carbocycles. The summed E-state index contributed by atoms with van der Waals surface area (Å²) >= 11 is 0. The zero-order valence-electron chi connectivity index (χ0n) is 21.6. The number of likely N-dealkylation sites (tertiary alicyclic amines) is 1. The number of hydrogen-bond acceptors (Lipinski definition) is 3. The monoisotopic (exact) mass is 477 g/mol. The van der Waals surface area contributed by atoms with Gasteiger partial charge in [-0.05, 0) is 74.4 Å². The third-order valence-electron chi connectivity index (χ3n) is 7.15. The van der Waals surface area contributed by atoms with E-state index in [9.17, 15) is 9.59 Å².